The van der Waals surface area contributed by atoms with Crippen molar-refractivity contribution >= 4 is 10.1 Å². The van der Waals surface area contributed by atoms with Crippen LogP contribution in [0, 0.1) is 0 Å². The van der Waals surface area contributed by atoms with E-state index in [9.17, 15) is 91.8 Å². The van der Waals surface area contributed by atoms with Crippen LogP contribution in [0.4, 0.5) is 83.4 Å². The molecule has 1 aromatic carbocycles. The molecule has 39 heavy (non-hydrogen) atoms. The van der Waals surface area contributed by atoms with Crippen molar-refractivity contribution in [2.45, 2.75) is 58.6 Å². The zero-order chi connectivity index (χ0) is 31.5. The number of alkyl halides is 19. The van der Waals surface area contributed by atoms with Crippen molar-refractivity contribution in [2.24, 2.45) is 0 Å². The first-order valence-corrected chi connectivity index (χ1v) is 9.98. The van der Waals surface area contributed by atoms with E-state index in [1.807, 2.05) is 0 Å². The summed E-state index contributed by atoms with van der Waals surface area (Å²) in [5.41, 5.74) is 0. The van der Waals surface area contributed by atoms with Crippen molar-refractivity contribution in [3.8, 4) is 0 Å². The predicted octanol–water partition coefficient (Wildman–Crippen LogP) is 6.93. The summed E-state index contributed by atoms with van der Waals surface area (Å²) >= 11 is 0. The molecule has 0 fully saturated rings. The van der Waals surface area contributed by atoms with Crippen LogP contribution in [0.25, 0.3) is 0 Å². The summed E-state index contributed by atoms with van der Waals surface area (Å²) in [5.74, 6) is -61.7. The first-order chi connectivity index (χ1) is 16.8. The van der Waals surface area contributed by atoms with Crippen molar-refractivity contribution in [3.63, 3.8) is 0 Å². The maximum Gasteiger partial charge on any atom is 0.460 e. The quantitative estimate of drug-likeness (QED) is 0.149. The van der Waals surface area contributed by atoms with Gasteiger partial charge in [-0.1, -0.05) is 22.5 Å². The Kier molecular flexibility index (Phi) is 8.39. The van der Waals surface area contributed by atoms with Crippen molar-refractivity contribution in [3.05, 3.63) is 30.3 Å². The van der Waals surface area contributed by atoms with Gasteiger partial charge in [0.25, 0.3) is 0 Å². The molecule has 0 radical (unpaired) electrons. The molecule has 1 aromatic rings. The van der Waals surface area contributed by atoms with E-state index in [0.29, 0.717) is 12.1 Å². The molecule has 0 aliphatic rings. The Morgan fingerprint density at radius 1 is 0.462 bits per heavy atom. The van der Waals surface area contributed by atoms with Crippen LogP contribution >= 0.6 is 0 Å². The van der Waals surface area contributed by atoms with Crippen molar-refractivity contribution in [1.29, 1.82) is 0 Å². The van der Waals surface area contributed by atoms with Crippen LogP contribution in [0.2, 0.25) is 0 Å². The standard InChI is InChI=1S/C15H5F19O4S/c16-7(17,8(18,19)10(22,23)12(26,27)14(30,31)32)9(20,21)11(24,25)13(28,29)15(33,34)37-38-39(35,36)6-4-2-1-3-5-6/h1-5H. The molecule has 0 heterocycles. The van der Waals surface area contributed by atoms with Crippen LogP contribution < -0.4 is 0 Å². The lowest BCUT2D eigenvalue weighted by Gasteiger charge is -2.43. The Bertz CT molecular complexity index is 1130. The van der Waals surface area contributed by atoms with Crippen LogP contribution in [0.3, 0.4) is 0 Å². The molecular formula is C15H5F19O4S. The van der Waals surface area contributed by atoms with E-state index in [4.69, 9.17) is 0 Å². The molecule has 0 saturated carbocycles. The zero-order valence-electron chi connectivity index (χ0n) is 17.1. The highest BCUT2D eigenvalue weighted by molar-refractivity contribution is 7.86. The van der Waals surface area contributed by atoms with Crippen molar-refractivity contribution in [1.82, 2.24) is 0 Å². The molecule has 228 valence electrons. The second-order valence-corrected chi connectivity index (χ2v) is 8.47. The van der Waals surface area contributed by atoms with Gasteiger partial charge in [0.15, 0.2) is 0 Å². The van der Waals surface area contributed by atoms with Gasteiger partial charge in [0.2, 0.25) is 0 Å². The highest BCUT2D eigenvalue weighted by Gasteiger charge is 2.97. The Hall–Kier alpha value is -2.24. The molecule has 1 rings (SSSR count). The summed E-state index contributed by atoms with van der Waals surface area (Å²) < 4.78 is 276. The fourth-order valence-electron chi connectivity index (χ4n) is 2.11. The Labute approximate surface area is 201 Å². The molecule has 0 spiro atoms. The smallest absolute Gasteiger partial charge is 0.192 e. The molecule has 0 unspecified atom stereocenters. The summed E-state index contributed by atoms with van der Waals surface area (Å²) in [6.45, 7) is 0. The van der Waals surface area contributed by atoms with Crippen LogP contribution in [0.5, 0.6) is 0 Å². The average molecular weight is 642 g/mol. The van der Waals surface area contributed by atoms with Gasteiger partial charge in [-0.25, -0.2) is 0 Å². The van der Waals surface area contributed by atoms with Gasteiger partial charge in [-0.05, 0) is 12.1 Å². The van der Waals surface area contributed by atoms with Crippen LogP contribution in [-0.4, -0.2) is 62.2 Å². The minimum atomic E-state index is -9.11. The molecule has 0 N–H and O–H groups in total. The summed E-state index contributed by atoms with van der Waals surface area (Å²) in [5, 5.41) is 0. The number of benzene rings is 1. The van der Waals surface area contributed by atoms with E-state index in [1.54, 1.807) is 0 Å². The first-order valence-electron chi connectivity index (χ1n) is 8.58. The molecule has 4 nitrogen and oxygen atoms in total. The topological polar surface area (TPSA) is 52.6 Å². The zero-order valence-corrected chi connectivity index (χ0v) is 17.9. The van der Waals surface area contributed by atoms with Gasteiger partial charge >= 0.3 is 63.9 Å². The predicted molar refractivity (Wildman–Crippen MR) is 81.4 cm³/mol. The number of hydrogen-bond acceptors (Lipinski definition) is 4. The first kappa shape index (κ1) is 34.8. The number of rotatable bonds is 11. The van der Waals surface area contributed by atoms with E-state index in [0.717, 1.165) is 18.2 Å². The fraction of sp³-hybridized carbons (Fsp3) is 0.600. The fourth-order valence-corrected chi connectivity index (χ4v) is 2.86. The minimum absolute atomic E-state index is 0.414. The molecule has 0 amide bonds. The van der Waals surface area contributed by atoms with E-state index in [2.05, 4.69) is 9.22 Å². The van der Waals surface area contributed by atoms with Gasteiger partial charge in [0.05, 0.1) is 4.90 Å². The van der Waals surface area contributed by atoms with Gasteiger partial charge in [0.1, 0.15) is 0 Å². The molecule has 0 saturated heterocycles. The third-order valence-corrected chi connectivity index (χ3v) is 5.44. The van der Waals surface area contributed by atoms with E-state index in [-0.39, 0.29) is 0 Å². The lowest BCUT2D eigenvalue weighted by atomic mass is 9.88. The van der Waals surface area contributed by atoms with Crippen LogP contribution in [0.15, 0.2) is 35.2 Å². The lowest BCUT2D eigenvalue weighted by molar-refractivity contribution is -0.508. The van der Waals surface area contributed by atoms with Gasteiger partial charge < -0.3 is 0 Å². The second-order valence-electron chi connectivity index (χ2n) is 6.95. The lowest BCUT2D eigenvalue weighted by Crippen LogP contribution is -2.75. The highest BCUT2D eigenvalue weighted by Crippen LogP contribution is 2.65. The highest BCUT2D eigenvalue weighted by atomic mass is 32.2. The summed E-state index contributed by atoms with van der Waals surface area (Å²) in [6.07, 6.45) is -15.6. The third-order valence-electron chi connectivity index (χ3n) is 4.35. The molecule has 0 aliphatic carbocycles. The Morgan fingerprint density at radius 2 is 0.769 bits per heavy atom. The maximum absolute atomic E-state index is 13.6. The number of hydrogen-bond donors (Lipinski definition) is 0. The van der Waals surface area contributed by atoms with Crippen molar-refractivity contribution in [2.75, 3.05) is 0 Å². The van der Waals surface area contributed by atoms with E-state index < -0.39 is 68.8 Å². The third kappa shape index (κ3) is 4.95. The minimum Gasteiger partial charge on any atom is -0.192 e. The molecule has 24 heteroatoms. The molecule has 0 atom stereocenters. The van der Waals surface area contributed by atoms with Crippen molar-refractivity contribution < 1.29 is 101 Å². The molecule has 0 aromatic heterocycles. The van der Waals surface area contributed by atoms with Gasteiger partial charge in [-0.3, -0.25) is 0 Å². The molecule has 0 aliphatic heterocycles. The van der Waals surface area contributed by atoms with E-state index >= 15 is 0 Å². The average Bonchev–Trinajstić information content (AvgIpc) is 2.76. The molecular weight excluding hydrogens is 637 g/mol. The summed E-state index contributed by atoms with van der Waals surface area (Å²) in [6, 6.07) is 3.40. The SMILES string of the molecule is O=S(=O)(OOC(F)(F)C(F)(F)C(F)(F)C(F)(F)C(F)(F)C(F)(F)C(F)(F)C(F)(F)C(F)(F)F)c1ccccc1. The van der Waals surface area contributed by atoms with Crippen LogP contribution in [-0.2, 0) is 19.3 Å². The monoisotopic (exact) mass is 642 g/mol. The summed E-state index contributed by atoms with van der Waals surface area (Å²) in [4.78, 5) is 0.820. The largest absolute Gasteiger partial charge is 0.460 e. The normalized spacial score (nSPS) is 16.0. The number of halogens is 19. The maximum atomic E-state index is 13.6. The van der Waals surface area contributed by atoms with Gasteiger partial charge in [-0.15, -0.1) is 4.89 Å². The van der Waals surface area contributed by atoms with Crippen LogP contribution in [0.1, 0.15) is 0 Å². The Balaban J connectivity index is 3.57. The second kappa shape index (κ2) is 9.41. The molecule has 0 bridgehead atoms. The van der Waals surface area contributed by atoms with Gasteiger partial charge in [-0.2, -0.15) is 91.8 Å². The van der Waals surface area contributed by atoms with Gasteiger partial charge in [0, 0.05) is 0 Å². The van der Waals surface area contributed by atoms with E-state index in [1.165, 1.54) is 0 Å². The Morgan fingerprint density at radius 3 is 1.10 bits per heavy atom. The summed E-state index contributed by atoms with van der Waals surface area (Å²) in [7, 11) is -5.86.